The summed E-state index contributed by atoms with van der Waals surface area (Å²) in [7, 11) is 0. The van der Waals surface area contributed by atoms with Gasteiger partial charge >= 0.3 is 0 Å². The lowest BCUT2D eigenvalue weighted by Gasteiger charge is -2.04. The van der Waals surface area contributed by atoms with E-state index < -0.39 is 0 Å². The molecule has 0 atom stereocenters. The van der Waals surface area contributed by atoms with Crippen molar-refractivity contribution >= 4 is 27.5 Å². The normalized spacial score (nSPS) is 10.4. The van der Waals surface area contributed by atoms with Crippen LogP contribution in [0.1, 0.15) is 5.56 Å². The molecule has 14 heavy (non-hydrogen) atoms. The summed E-state index contributed by atoms with van der Waals surface area (Å²) in [5, 5.41) is 4.09. The zero-order valence-corrected chi connectivity index (χ0v) is 9.53. The predicted octanol–water partition coefficient (Wildman–Crippen LogP) is 2.77. The standard InChI is InChI=1S/C9H7BrClN3/c10-8-4-7(5-11)6-12-9(8)14-3-1-2-13-14/h1-4,6H,5H2. The lowest BCUT2D eigenvalue weighted by Crippen LogP contribution is -1.99. The highest BCUT2D eigenvalue weighted by Gasteiger charge is 2.04. The Morgan fingerprint density at radius 1 is 1.50 bits per heavy atom. The van der Waals surface area contributed by atoms with Gasteiger partial charge in [-0.3, -0.25) is 0 Å². The second-order valence-corrected chi connectivity index (χ2v) is 3.85. The van der Waals surface area contributed by atoms with Crippen LogP contribution in [0.3, 0.4) is 0 Å². The summed E-state index contributed by atoms with van der Waals surface area (Å²) >= 11 is 9.12. The van der Waals surface area contributed by atoms with Crippen molar-refractivity contribution in [2.24, 2.45) is 0 Å². The molecule has 0 bridgehead atoms. The topological polar surface area (TPSA) is 30.7 Å². The van der Waals surface area contributed by atoms with Crippen LogP contribution in [0.4, 0.5) is 0 Å². The van der Waals surface area contributed by atoms with E-state index in [0.717, 1.165) is 15.9 Å². The maximum Gasteiger partial charge on any atom is 0.167 e. The molecule has 0 aliphatic heterocycles. The average Bonchev–Trinajstić information content (AvgIpc) is 2.70. The van der Waals surface area contributed by atoms with Gasteiger partial charge in [-0.15, -0.1) is 11.6 Å². The van der Waals surface area contributed by atoms with Crippen molar-refractivity contribution < 1.29 is 0 Å². The first-order chi connectivity index (χ1) is 6.81. The third-order valence-electron chi connectivity index (χ3n) is 1.75. The van der Waals surface area contributed by atoms with Crippen molar-refractivity contribution in [1.29, 1.82) is 0 Å². The zero-order valence-electron chi connectivity index (χ0n) is 7.19. The first-order valence-electron chi connectivity index (χ1n) is 4.01. The Labute approximate surface area is 94.9 Å². The molecule has 0 radical (unpaired) electrons. The van der Waals surface area contributed by atoms with Crippen LogP contribution in [0.5, 0.6) is 0 Å². The van der Waals surface area contributed by atoms with Crippen LogP contribution in [-0.4, -0.2) is 14.8 Å². The molecule has 0 unspecified atom stereocenters. The highest BCUT2D eigenvalue weighted by molar-refractivity contribution is 9.10. The van der Waals surface area contributed by atoms with Gasteiger partial charge in [0.15, 0.2) is 5.82 Å². The van der Waals surface area contributed by atoms with Crippen molar-refractivity contribution in [3.8, 4) is 5.82 Å². The largest absolute Gasteiger partial charge is 0.236 e. The molecule has 0 spiro atoms. The van der Waals surface area contributed by atoms with Crippen LogP contribution in [0.2, 0.25) is 0 Å². The van der Waals surface area contributed by atoms with Gasteiger partial charge in [-0.05, 0) is 33.6 Å². The lowest BCUT2D eigenvalue weighted by atomic mass is 10.3. The molecule has 0 amide bonds. The van der Waals surface area contributed by atoms with Crippen LogP contribution in [-0.2, 0) is 5.88 Å². The van der Waals surface area contributed by atoms with Crippen LogP contribution in [0.15, 0.2) is 35.2 Å². The van der Waals surface area contributed by atoms with Crippen LogP contribution >= 0.6 is 27.5 Å². The van der Waals surface area contributed by atoms with E-state index in [9.17, 15) is 0 Å². The summed E-state index contributed by atoms with van der Waals surface area (Å²) in [6.45, 7) is 0. The summed E-state index contributed by atoms with van der Waals surface area (Å²) in [5.74, 6) is 1.23. The smallest absolute Gasteiger partial charge is 0.167 e. The van der Waals surface area contributed by atoms with Gasteiger partial charge in [-0.1, -0.05) is 0 Å². The number of rotatable bonds is 2. The average molecular weight is 273 g/mol. The number of hydrogen-bond acceptors (Lipinski definition) is 2. The van der Waals surface area contributed by atoms with Gasteiger partial charge < -0.3 is 0 Å². The summed E-state index contributed by atoms with van der Waals surface area (Å²) in [6, 6.07) is 3.79. The minimum absolute atomic E-state index is 0.463. The SMILES string of the molecule is ClCc1cnc(-n2cccn2)c(Br)c1. The first kappa shape index (κ1) is 9.68. The quantitative estimate of drug-likeness (QED) is 0.787. The molecule has 0 aromatic carbocycles. The van der Waals surface area contributed by atoms with E-state index in [-0.39, 0.29) is 0 Å². The third kappa shape index (κ3) is 1.81. The highest BCUT2D eigenvalue weighted by atomic mass is 79.9. The van der Waals surface area contributed by atoms with Crippen LogP contribution in [0, 0.1) is 0 Å². The Bertz CT molecular complexity index is 428. The van der Waals surface area contributed by atoms with E-state index in [0.29, 0.717) is 5.88 Å². The minimum Gasteiger partial charge on any atom is -0.236 e. The number of pyridine rings is 1. The van der Waals surface area contributed by atoms with Gasteiger partial charge in [-0.2, -0.15) is 5.10 Å². The van der Waals surface area contributed by atoms with E-state index in [4.69, 9.17) is 11.6 Å². The summed E-state index contributed by atoms with van der Waals surface area (Å²) in [6.07, 6.45) is 5.30. The molecule has 2 rings (SSSR count). The first-order valence-corrected chi connectivity index (χ1v) is 5.34. The van der Waals surface area contributed by atoms with E-state index in [1.807, 2.05) is 18.3 Å². The van der Waals surface area contributed by atoms with Gasteiger partial charge in [0, 0.05) is 24.5 Å². The van der Waals surface area contributed by atoms with Crippen molar-refractivity contribution in [3.63, 3.8) is 0 Å². The molecular weight excluding hydrogens is 265 g/mol. The van der Waals surface area contributed by atoms with E-state index in [1.54, 1.807) is 17.1 Å². The molecule has 0 aliphatic carbocycles. The summed E-state index contributed by atoms with van der Waals surface area (Å²) in [5.41, 5.74) is 0.981. The Kier molecular flexibility index (Phi) is 2.84. The Morgan fingerprint density at radius 2 is 2.36 bits per heavy atom. The Hall–Kier alpha value is -0.870. The molecule has 3 nitrogen and oxygen atoms in total. The fourth-order valence-corrected chi connectivity index (χ4v) is 1.83. The molecule has 0 N–H and O–H groups in total. The molecule has 2 heterocycles. The fourth-order valence-electron chi connectivity index (χ4n) is 1.11. The van der Waals surface area contributed by atoms with Crippen molar-refractivity contribution in [2.75, 3.05) is 0 Å². The lowest BCUT2D eigenvalue weighted by molar-refractivity contribution is 0.839. The molecular formula is C9H7BrClN3. The number of alkyl halides is 1. The van der Waals surface area contributed by atoms with Crippen LogP contribution < -0.4 is 0 Å². The van der Waals surface area contributed by atoms with Crippen LogP contribution in [0.25, 0.3) is 5.82 Å². The Morgan fingerprint density at radius 3 is 2.93 bits per heavy atom. The third-order valence-corrected chi connectivity index (χ3v) is 2.65. The zero-order chi connectivity index (χ0) is 9.97. The number of nitrogens with zero attached hydrogens (tertiary/aromatic N) is 3. The number of aromatic nitrogens is 3. The van der Waals surface area contributed by atoms with Crippen molar-refractivity contribution in [1.82, 2.24) is 14.8 Å². The molecule has 5 heteroatoms. The number of halogens is 2. The second-order valence-electron chi connectivity index (χ2n) is 2.73. The highest BCUT2D eigenvalue weighted by Crippen LogP contribution is 2.19. The monoisotopic (exact) mass is 271 g/mol. The molecule has 0 fully saturated rings. The fraction of sp³-hybridized carbons (Fsp3) is 0.111. The maximum absolute atomic E-state index is 5.69. The molecule has 0 aliphatic rings. The maximum atomic E-state index is 5.69. The van der Waals surface area contributed by atoms with Gasteiger partial charge in [-0.25, -0.2) is 9.67 Å². The van der Waals surface area contributed by atoms with Gasteiger partial charge in [0.1, 0.15) is 0 Å². The molecule has 2 aromatic heterocycles. The molecule has 72 valence electrons. The van der Waals surface area contributed by atoms with Crippen molar-refractivity contribution in [2.45, 2.75) is 5.88 Å². The summed E-state index contributed by atoms with van der Waals surface area (Å²) < 4.78 is 2.58. The summed E-state index contributed by atoms with van der Waals surface area (Å²) in [4.78, 5) is 4.26. The van der Waals surface area contributed by atoms with Gasteiger partial charge in [0.2, 0.25) is 0 Å². The number of hydrogen-bond donors (Lipinski definition) is 0. The molecule has 0 saturated heterocycles. The molecule has 0 saturated carbocycles. The van der Waals surface area contributed by atoms with Gasteiger partial charge in [0.25, 0.3) is 0 Å². The van der Waals surface area contributed by atoms with Crippen molar-refractivity contribution in [3.05, 3.63) is 40.8 Å². The minimum atomic E-state index is 0.463. The van der Waals surface area contributed by atoms with E-state index in [2.05, 4.69) is 26.0 Å². The second kappa shape index (κ2) is 4.11. The predicted molar refractivity (Wildman–Crippen MR) is 58.6 cm³/mol. The Balaban J connectivity index is 2.46. The van der Waals surface area contributed by atoms with E-state index >= 15 is 0 Å². The molecule has 2 aromatic rings. The van der Waals surface area contributed by atoms with E-state index in [1.165, 1.54) is 0 Å². The van der Waals surface area contributed by atoms with Gasteiger partial charge in [0.05, 0.1) is 4.47 Å².